The van der Waals surface area contributed by atoms with Crippen LogP contribution in [-0.4, -0.2) is 40.7 Å². The Balaban J connectivity index is 0.00000376. The Morgan fingerprint density at radius 1 is 0.936 bits per heavy atom. The van der Waals surface area contributed by atoms with E-state index in [4.69, 9.17) is 8.97 Å². The predicted molar refractivity (Wildman–Crippen MR) is 206 cm³/mol. The summed E-state index contributed by atoms with van der Waals surface area (Å²) < 4.78 is 26.0. The number of benzene rings is 2. The first-order valence-corrected chi connectivity index (χ1v) is 18.2. The first-order chi connectivity index (χ1) is 22.4. The summed E-state index contributed by atoms with van der Waals surface area (Å²) in [5.74, 6) is 0.274. The van der Waals surface area contributed by atoms with E-state index in [9.17, 15) is 9.00 Å². The van der Waals surface area contributed by atoms with Crippen LogP contribution >= 0.6 is 0 Å². The molecule has 1 N–H and O–H groups in total. The topological polar surface area (TPSA) is 74.0 Å². The molecule has 0 saturated carbocycles. The number of hydrogen-bond acceptors (Lipinski definition) is 5. The maximum atomic E-state index is 12.8. The van der Waals surface area contributed by atoms with E-state index in [1.54, 1.807) is 6.08 Å². The fourth-order valence-corrected chi connectivity index (χ4v) is 5.85. The van der Waals surface area contributed by atoms with E-state index in [-0.39, 0.29) is 16.8 Å². The van der Waals surface area contributed by atoms with Gasteiger partial charge in [0.15, 0.2) is 11.1 Å². The average Bonchev–Trinajstić information content (AvgIpc) is 3.04. The SMILES string of the molecule is CC.C\C=C(/C=C(/C=C/C=C/c1cc2ccc(N(CC)CC)cc2oc1=O)c1ccc(N(CC)CCCS(=O)O)cc1C)C(C)(C)C. The van der Waals surface area contributed by atoms with Crippen LogP contribution in [0, 0.1) is 12.3 Å². The highest BCUT2D eigenvalue weighted by Crippen LogP contribution is 2.32. The third-order valence-corrected chi connectivity index (χ3v) is 8.68. The van der Waals surface area contributed by atoms with Gasteiger partial charge in [-0.05, 0) is 105 Å². The highest BCUT2D eigenvalue weighted by atomic mass is 32.2. The van der Waals surface area contributed by atoms with Gasteiger partial charge in [-0.25, -0.2) is 9.00 Å². The molecule has 3 aromatic rings. The van der Waals surface area contributed by atoms with Gasteiger partial charge in [-0.2, -0.15) is 0 Å². The van der Waals surface area contributed by atoms with Gasteiger partial charge < -0.3 is 18.8 Å². The molecule has 0 aliphatic heterocycles. The lowest BCUT2D eigenvalue weighted by atomic mass is 9.84. The van der Waals surface area contributed by atoms with E-state index in [1.165, 1.54) is 5.57 Å². The first kappa shape index (κ1) is 39.5. The van der Waals surface area contributed by atoms with Gasteiger partial charge in [0.05, 0.1) is 11.3 Å². The molecule has 1 heterocycles. The molecule has 1 atom stereocenters. The minimum absolute atomic E-state index is 0.0292. The smallest absolute Gasteiger partial charge is 0.343 e. The minimum atomic E-state index is -1.77. The van der Waals surface area contributed by atoms with Crippen molar-refractivity contribution in [3.63, 3.8) is 0 Å². The summed E-state index contributed by atoms with van der Waals surface area (Å²) in [5.41, 5.74) is 7.39. The van der Waals surface area contributed by atoms with Gasteiger partial charge in [-0.3, -0.25) is 0 Å². The van der Waals surface area contributed by atoms with Crippen molar-refractivity contribution in [2.75, 3.05) is 41.7 Å². The molecule has 256 valence electrons. The standard InChI is InChI=1S/C38H50N2O4S.C2H6/c1-9-32(38(6,7)8)26-29(35-21-20-33(24-28(35)5)40(12-4)22-15-23-45(42)43)16-13-14-17-31-25-30-18-19-34(39(10-2)11-3)27-36(30)44-37(31)41;1-2/h9,13-14,16-21,24-27H,10-12,15,22-23H2,1-8H3,(H,42,43);1-2H3/b16-13+,17-14+,29-26-,32-9+;. The largest absolute Gasteiger partial charge is 0.422 e. The van der Waals surface area contributed by atoms with Gasteiger partial charge in [-0.15, -0.1) is 0 Å². The number of rotatable bonds is 14. The molecule has 0 bridgehead atoms. The maximum absolute atomic E-state index is 12.8. The van der Waals surface area contributed by atoms with Crippen LogP contribution in [0.1, 0.15) is 85.4 Å². The Hall–Kier alpha value is -3.68. The molecule has 6 nitrogen and oxygen atoms in total. The number of fused-ring (bicyclic) bond motifs is 1. The summed E-state index contributed by atoms with van der Waals surface area (Å²) in [6.07, 6.45) is 12.8. The number of anilines is 2. The molecule has 0 amide bonds. The summed E-state index contributed by atoms with van der Waals surface area (Å²) in [7, 11) is 0. The van der Waals surface area contributed by atoms with Crippen LogP contribution in [0.4, 0.5) is 11.4 Å². The molecule has 0 radical (unpaired) electrons. The second-order valence-corrected chi connectivity index (χ2v) is 13.2. The van der Waals surface area contributed by atoms with Crippen molar-refractivity contribution in [1.29, 1.82) is 0 Å². The van der Waals surface area contributed by atoms with E-state index in [1.807, 2.05) is 44.2 Å². The van der Waals surface area contributed by atoms with Crippen molar-refractivity contribution in [2.45, 2.75) is 75.7 Å². The van der Waals surface area contributed by atoms with Gasteiger partial charge in [0.25, 0.3) is 0 Å². The minimum Gasteiger partial charge on any atom is -0.422 e. The Bertz CT molecular complexity index is 1650. The molecule has 1 aromatic heterocycles. The van der Waals surface area contributed by atoms with Crippen LogP contribution < -0.4 is 15.4 Å². The fourth-order valence-electron chi connectivity index (χ4n) is 5.47. The Morgan fingerprint density at radius 2 is 1.57 bits per heavy atom. The van der Waals surface area contributed by atoms with Crippen molar-refractivity contribution in [1.82, 2.24) is 0 Å². The van der Waals surface area contributed by atoms with Gasteiger partial charge in [0.2, 0.25) is 0 Å². The van der Waals surface area contributed by atoms with Gasteiger partial charge in [0, 0.05) is 49.0 Å². The van der Waals surface area contributed by atoms with Crippen LogP contribution in [0.25, 0.3) is 22.6 Å². The average molecular weight is 661 g/mol. The predicted octanol–water partition coefficient (Wildman–Crippen LogP) is 10.1. The Labute approximate surface area is 285 Å². The molecule has 1 unspecified atom stereocenters. The van der Waals surface area contributed by atoms with E-state index in [0.29, 0.717) is 17.6 Å². The summed E-state index contributed by atoms with van der Waals surface area (Å²) in [6.45, 7) is 24.4. The third kappa shape index (κ3) is 11.5. The quantitative estimate of drug-likeness (QED) is 0.105. The summed E-state index contributed by atoms with van der Waals surface area (Å²) in [6, 6.07) is 14.3. The molecule has 0 saturated heterocycles. The van der Waals surface area contributed by atoms with Crippen LogP contribution in [0.2, 0.25) is 0 Å². The second kappa shape index (κ2) is 19.2. The highest BCUT2D eigenvalue weighted by molar-refractivity contribution is 7.79. The van der Waals surface area contributed by atoms with E-state index < -0.39 is 11.1 Å². The lowest BCUT2D eigenvalue weighted by molar-refractivity contribution is 0.516. The number of hydrogen-bond donors (Lipinski definition) is 1. The van der Waals surface area contributed by atoms with Crippen LogP contribution in [0.5, 0.6) is 0 Å². The zero-order valence-corrected chi connectivity index (χ0v) is 31.0. The Morgan fingerprint density at radius 3 is 2.15 bits per heavy atom. The van der Waals surface area contributed by atoms with Crippen LogP contribution in [0.15, 0.2) is 87.6 Å². The van der Waals surface area contributed by atoms with Gasteiger partial charge in [0.1, 0.15) is 5.58 Å². The van der Waals surface area contributed by atoms with Crippen molar-refractivity contribution in [2.24, 2.45) is 5.41 Å². The molecule has 3 rings (SSSR count). The normalized spacial score (nSPS) is 13.3. The molecule has 0 fully saturated rings. The lowest BCUT2D eigenvalue weighted by Crippen LogP contribution is -2.25. The van der Waals surface area contributed by atoms with Gasteiger partial charge in [-0.1, -0.05) is 71.1 Å². The summed E-state index contributed by atoms with van der Waals surface area (Å²) in [5, 5.41) is 0.888. The number of nitrogens with zero attached hydrogens (tertiary/aromatic N) is 2. The van der Waals surface area contributed by atoms with Crippen LogP contribution in [-0.2, 0) is 11.1 Å². The molecule has 0 spiro atoms. The second-order valence-electron chi connectivity index (χ2n) is 12.2. The van der Waals surface area contributed by atoms with E-state index >= 15 is 0 Å². The number of aryl methyl sites for hydroxylation is 1. The molecule has 2 aromatic carbocycles. The summed E-state index contributed by atoms with van der Waals surface area (Å²) in [4.78, 5) is 17.3. The monoisotopic (exact) mass is 660 g/mol. The van der Waals surface area contributed by atoms with E-state index in [2.05, 4.69) is 108 Å². The van der Waals surface area contributed by atoms with Crippen molar-refractivity contribution in [3.05, 3.63) is 106 Å². The molecular weight excluding hydrogens is 605 g/mol. The molecule has 0 aliphatic rings. The zero-order valence-electron chi connectivity index (χ0n) is 30.2. The third-order valence-electron chi connectivity index (χ3n) is 8.04. The molecule has 0 aliphatic carbocycles. The number of allylic oxidation sites excluding steroid dienone is 7. The fraction of sp³-hybridized carbons (Fsp3) is 0.425. The lowest BCUT2D eigenvalue weighted by Gasteiger charge is -2.25. The van der Waals surface area contributed by atoms with Gasteiger partial charge >= 0.3 is 5.63 Å². The first-order valence-electron chi connectivity index (χ1n) is 16.9. The van der Waals surface area contributed by atoms with Crippen molar-refractivity contribution >= 4 is 45.1 Å². The summed E-state index contributed by atoms with van der Waals surface area (Å²) >= 11 is -1.77. The maximum Gasteiger partial charge on any atom is 0.343 e. The van der Waals surface area contributed by atoms with Crippen molar-refractivity contribution in [3.8, 4) is 0 Å². The molecular formula is C40H56N2O4S. The Kier molecular flexibility index (Phi) is 16.1. The highest BCUT2D eigenvalue weighted by Gasteiger charge is 2.16. The van der Waals surface area contributed by atoms with Crippen LogP contribution in [0.3, 0.4) is 0 Å². The molecule has 7 heteroatoms. The molecule has 47 heavy (non-hydrogen) atoms. The van der Waals surface area contributed by atoms with Crippen molar-refractivity contribution < 1.29 is 13.2 Å². The van der Waals surface area contributed by atoms with E-state index in [0.717, 1.165) is 59.6 Å². The zero-order chi connectivity index (χ0) is 35.1.